The molecule has 4 rings (SSSR count). The number of aliphatic hydroxyl groups excluding tert-OH is 2. The van der Waals surface area contributed by atoms with E-state index in [1.165, 1.54) is 11.0 Å². The summed E-state index contributed by atoms with van der Waals surface area (Å²) in [5.41, 5.74) is -3.32. The van der Waals surface area contributed by atoms with Gasteiger partial charge in [-0.25, -0.2) is 4.79 Å². The summed E-state index contributed by atoms with van der Waals surface area (Å²) in [7, 11) is 3.10. The molecule has 0 aliphatic heterocycles. The van der Waals surface area contributed by atoms with Crippen LogP contribution in [0.1, 0.15) is 22.3 Å². The minimum absolute atomic E-state index is 0.00369. The SMILES string of the molecule is CN(C)C1C(O)=C(C(=O)O)C(=O)[C@@]2(O)C(O)=C3C(=O)c4c(O)ccc(I)c4C[C@H]3C[C@@H]12. The average molecular weight is 541 g/mol. The van der Waals surface area contributed by atoms with E-state index in [2.05, 4.69) is 0 Å². The standard InChI is InChI=1S/C21H20INO8/c1-23(2)15-9-6-7-5-8-10(22)3-4-11(24)13(8)16(25)12(7)18(27)21(9,31)19(28)14(17(15)26)20(29)30/h3-4,7,9,15,24,26-27,31H,5-6H2,1-2H3,(H,29,30)/t7-,9-,15?,21-/m0/s1. The molecule has 10 heteroatoms. The van der Waals surface area contributed by atoms with E-state index in [9.17, 15) is 39.9 Å². The van der Waals surface area contributed by atoms with Gasteiger partial charge in [-0.2, -0.15) is 0 Å². The fourth-order valence-corrected chi connectivity index (χ4v) is 5.85. The highest BCUT2D eigenvalue weighted by Crippen LogP contribution is 2.52. The van der Waals surface area contributed by atoms with Gasteiger partial charge in [0.2, 0.25) is 5.78 Å². The van der Waals surface area contributed by atoms with E-state index < -0.39 is 58.1 Å². The lowest BCUT2D eigenvalue weighted by Gasteiger charge is -2.50. The lowest BCUT2D eigenvalue weighted by Crippen LogP contribution is -2.63. The predicted molar refractivity (Wildman–Crippen MR) is 115 cm³/mol. The zero-order chi connectivity index (χ0) is 23.0. The summed E-state index contributed by atoms with van der Waals surface area (Å²) in [5, 5.41) is 52.8. The normalized spacial score (nSPS) is 30.3. The number of hydrogen-bond acceptors (Lipinski definition) is 8. The molecule has 0 saturated carbocycles. The van der Waals surface area contributed by atoms with E-state index in [0.717, 1.165) is 3.57 Å². The second-order valence-corrected chi connectivity index (χ2v) is 9.49. The van der Waals surface area contributed by atoms with Crippen LogP contribution < -0.4 is 0 Å². The Morgan fingerprint density at radius 1 is 1.19 bits per heavy atom. The van der Waals surface area contributed by atoms with Crippen molar-refractivity contribution in [1.82, 2.24) is 4.90 Å². The second-order valence-electron chi connectivity index (χ2n) is 8.32. The molecule has 164 valence electrons. The van der Waals surface area contributed by atoms with E-state index >= 15 is 0 Å². The summed E-state index contributed by atoms with van der Waals surface area (Å²) in [5.74, 6) is -7.38. The first kappa shape index (κ1) is 21.8. The number of phenolic OH excluding ortho intramolecular Hbond substituents is 1. The molecule has 5 N–H and O–H groups in total. The van der Waals surface area contributed by atoms with Gasteiger partial charge in [-0.05, 0) is 73.1 Å². The van der Waals surface area contributed by atoms with E-state index in [4.69, 9.17) is 0 Å². The van der Waals surface area contributed by atoms with Crippen molar-refractivity contribution < 1.29 is 39.9 Å². The molecule has 0 radical (unpaired) electrons. The van der Waals surface area contributed by atoms with Crippen LogP contribution in [0.15, 0.2) is 34.8 Å². The van der Waals surface area contributed by atoms with Gasteiger partial charge in [0.05, 0.1) is 11.6 Å². The fourth-order valence-electron chi connectivity index (χ4n) is 5.18. The number of carboxylic acids is 1. The first-order valence-corrected chi connectivity index (χ1v) is 10.6. The number of aliphatic carboxylic acids is 1. The van der Waals surface area contributed by atoms with Crippen LogP contribution in [0.25, 0.3) is 0 Å². The number of likely N-dealkylation sites (N-methyl/N-ethyl adjacent to an activating group) is 1. The smallest absolute Gasteiger partial charge is 0.342 e. The third-order valence-corrected chi connectivity index (χ3v) is 7.53. The third kappa shape index (κ3) is 2.77. The quantitative estimate of drug-likeness (QED) is 0.276. The highest BCUT2D eigenvalue weighted by Gasteiger charge is 2.63. The minimum atomic E-state index is -2.69. The van der Waals surface area contributed by atoms with Crippen molar-refractivity contribution in [3.8, 4) is 5.75 Å². The molecule has 4 atom stereocenters. The first-order valence-electron chi connectivity index (χ1n) is 9.51. The number of carboxylic acid groups (broad SMARTS) is 1. The van der Waals surface area contributed by atoms with Crippen molar-refractivity contribution in [2.24, 2.45) is 11.8 Å². The van der Waals surface area contributed by atoms with E-state index in [-0.39, 0.29) is 29.7 Å². The topological polar surface area (TPSA) is 156 Å². The van der Waals surface area contributed by atoms with Crippen molar-refractivity contribution in [1.29, 1.82) is 0 Å². The summed E-state index contributed by atoms with van der Waals surface area (Å²) in [6, 6.07) is 1.95. The molecule has 1 aromatic rings. The van der Waals surface area contributed by atoms with Gasteiger partial charge in [0.15, 0.2) is 11.4 Å². The number of carbonyl (C=O) groups excluding carboxylic acids is 2. The highest BCUT2D eigenvalue weighted by atomic mass is 127. The van der Waals surface area contributed by atoms with Crippen LogP contribution in [0.3, 0.4) is 0 Å². The summed E-state index contributed by atoms with van der Waals surface area (Å²) < 4.78 is 0.748. The minimum Gasteiger partial charge on any atom is -0.510 e. The number of aliphatic hydroxyl groups is 3. The van der Waals surface area contributed by atoms with Gasteiger partial charge >= 0.3 is 5.97 Å². The molecule has 3 aliphatic carbocycles. The maximum absolute atomic E-state index is 13.3. The molecule has 0 saturated heterocycles. The van der Waals surface area contributed by atoms with Gasteiger partial charge in [-0.3, -0.25) is 14.5 Å². The van der Waals surface area contributed by atoms with Crippen LogP contribution in [-0.4, -0.2) is 73.7 Å². The number of halogens is 1. The Kier molecular flexibility index (Phi) is 4.94. The molecular weight excluding hydrogens is 521 g/mol. The lowest BCUT2D eigenvalue weighted by atomic mass is 9.58. The lowest BCUT2D eigenvalue weighted by molar-refractivity contribution is -0.151. The number of fused-ring (bicyclic) bond motifs is 3. The van der Waals surface area contributed by atoms with Crippen molar-refractivity contribution in [3.05, 3.63) is 49.5 Å². The van der Waals surface area contributed by atoms with Crippen molar-refractivity contribution in [2.45, 2.75) is 24.5 Å². The summed E-state index contributed by atoms with van der Waals surface area (Å²) >= 11 is 2.04. The van der Waals surface area contributed by atoms with Crippen LogP contribution in [0.2, 0.25) is 0 Å². The molecule has 0 heterocycles. The van der Waals surface area contributed by atoms with Crippen molar-refractivity contribution in [2.75, 3.05) is 14.1 Å². The number of benzene rings is 1. The Balaban J connectivity index is 1.98. The summed E-state index contributed by atoms with van der Waals surface area (Å²) in [6.07, 6.45) is 0.308. The first-order chi connectivity index (χ1) is 14.4. The number of hydrogen-bond donors (Lipinski definition) is 5. The predicted octanol–water partition coefficient (Wildman–Crippen LogP) is 1.32. The number of carbonyl (C=O) groups is 3. The molecule has 3 aliphatic rings. The Bertz CT molecular complexity index is 1120. The van der Waals surface area contributed by atoms with Crippen molar-refractivity contribution >= 4 is 40.1 Å². The van der Waals surface area contributed by atoms with Gasteiger partial charge in [-0.1, -0.05) is 0 Å². The van der Waals surface area contributed by atoms with E-state index in [0.29, 0.717) is 5.56 Å². The largest absolute Gasteiger partial charge is 0.510 e. The van der Waals surface area contributed by atoms with E-state index in [1.54, 1.807) is 20.2 Å². The van der Waals surface area contributed by atoms with Gasteiger partial charge < -0.3 is 25.5 Å². The van der Waals surface area contributed by atoms with E-state index in [1.807, 2.05) is 22.6 Å². The summed E-state index contributed by atoms with van der Waals surface area (Å²) in [4.78, 5) is 39.5. The summed E-state index contributed by atoms with van der Waals surface area (Å²) in [6.45, 7) is 0. The molecular formula is C21H20INO8. The maximum atomic E-state index is 13.3. The van der Waals surface area contributed by atoms with Crippen LogP contribution in [0, 0.1) is 15.4 Å². The highest BCUT2D eigenvalue weighted by molar-refractivity contribution is 14.1. The Labute approximate surface area is 190 Å². The van der Waals surface area contributed by atoms with Crippen molar-refractivity contribution in [3.63, 3.8) is 0 Å². The zero-order valence-electron chi connectivity index (χ0n) is 16.6. The second kappa shape index (κ2) is 7.04. The van der Waals surface area contributed by atoms with Gasteiger partial charge in [0, 0.05) is 15.1 Å². The van der Waals surface area contributed by atoms with Crippen LogP contribution in [0.4, 0.5) is 0 Å². The molecule has 0 spiro atoms. The number of nitrogens with zero attached hydrogens (tertiary/aromatic N) is 1. The van der Waals surface area contributed by atoms with Crippen LogP contribution in [0.5, 0.6) is 5.75 Å². The van der Waals surface area contributed by atoms with Crippen LogP contribution in [-0.2, 0) is 16.0 Å². The number of allylic oxidation sites excluding steroid dienone is 1. The molecule has 9 nitrogen and oxygen atoms in total. The molecule has 31 heavy (non-hydrogen) atoms. The monoisotopic (exact) mass is 541 g/mol. The zero-order valence-corrected chi connectivity index (χ0v) is 18.7. The molecule has 1 unspecified atom stereocenters. The Hall–Kier alpha value is -2.44. The average Bonchev–Trinajstić information content (AvgIpc) is 2.67. The number of ketones is 2. The Morgan fingerprint density at radius 2 is 1.84 bits per heavy atom. The fraction of sp³-hybridized carbons (Fsp3) is 0.381. The molecule has 0 fully saturated rings. The molecule has 0 bridgehead atoms. The number of rotatable bonds is 2. The maximum Gasteiger partial charge on any atom is 0.342 e. The van der Waals surface area contributed by atoms with Gasteiger partial charge in [-0.15, -0.1) is 0 Å². The molecule has 1 aromatic carbocycles. The molecule has 0 amide bonds. The number of phenols is 1. The van der Waals surface area contributed by atoms with Gasteiger partial charge in [0.25, 0.3) is 0 Å². The number of aromatic hydroxyl groups is 1. The number of Topliss-reactive ketones (excluding diaryl/α,β-unsaturated/α-hetero) is 2. The molecule has 0 aromatic heterocycles. The third-order valence-electron chi connectivity index (χ3n) is 6.52. The Morgan fingerprint density at radius 3 is 2.42 bits per heavy atom. The van der Waals surface area contributed by atoms with Gasteiger partial charge in [0.1, 0.15) is 22.8 Å². The van der Waals surface area contributed by atoms with Crippen LogP contribution >= 0.6 is 22.6 Å².